The molecule has 3 nitrogen and oxygen atoms in total. The third kappa shape index (κ3) is 3.09. The molecule has 0 bridgehead atoms. The van der Waals surface area contributed by atoms with E-state index in [0.29, 0.717) is 5.92 Å². The molecule has 1 saturated carbocycles. The molecule has 1 aromatic heterocycles. The van der Waals surface area contributed by atoms with Gasteiger partial charge >= 0.3 is 0 Å². The number of pyridine rings is 1. The summed E-state index contributed by atoms with van der Waals surface area (Å²) in [6.07, 6.45) is 8.42. The molecule has 0 radical (unpaired) electrons. The zero-order valence-electron chi connectivity index (χ0n) is 11.5. The van der Waals surface area contributed by atoms with Crippen molar-refractivity contribution in [2.75, 3.05) is 0 Å². The first kappa shape index (κ1) is 13.5. The van der Waals surface area contributed by atoms with Gasteiger partial charge in [-0.1, -0.05) is 26.2 Å². The summed E-state index contributed by atoms with van der Waals surface area (Å²) < 4.78 is 0. The summed E-state index contributed by atoms with van der Waals surface area (Å²) in [5.41, 5.74) is 5.35. The van der Waals surface area contributed by atoms with E-state index in [0.717, 1.165) is 11.6 Å². The first-order chi connectivity index (χ1) is 8.74. The van der Waals surface area contributed by atoms with Gasteiger partial charge in [0.05, 0.1) is 11.7 Å². The van der Waals surface area contributed by atoms with E-state index in [1.165, 1.54) is 37.7 Å². The van der Waals surface area contributed by atoms with E-state index < -0.39 is 0 Å². The molecule has 0 aliphatic heterocycles. The molecule has 1 aliphatic rings. The van der Waals surface area contributed by atoms with E-state index in [-0.39, 0.29) is 6.04 Å². The van der Waals surface area contributed by atoms with Crippen molar-refractivity contribution in [3.8, 4) is 0 Å². The highest BCUT2D eigenvalue weighted by molar-refractivity contribution is 5.18. The van der Waals surface area contributed by atoms with Crippen LogP contribution in [-0.4, -0.2) is 4.98 Å². The fourth-order valence-electron chi connectivity index (χ4n) is 3.20. The lowest BCUT2D eigenvalue weighted by Gasteiger charge is -2.33. The predicted octanol–water partition coefficient (Wildman–Crippen LogP) is 3.11. The lowest BCUT2D eigenvalue weighted by atomic mass is 9.76. The van der Waals surface area contributed by atoms with Crippen molar-refractivity contribution in [2.24, 2.45) is 17.7 Å². The molecule has 0 amide bonds. The van der Waals surface area contributed by atoms with E-state index >= 15 is 0 Å². The van der Waals surface area contributed by atoms with Gasteiger partial charge in [0.2, 0.25) is 0 Å². The van der Waals surface area contributed by atoms with E-state index in [4.69, 9.17) is 5.84 Å². The molecule has 100 valence electrons. The summed E-state index contributed by atoms with van der Waals surface area (Å²) in [6, 6.07) is 4.40. The van der Waals surface area contributed by atoms with E-state index in [9.17, 15) is 0 Å². The molecule has 0 aromatic carbocycles. The van der Waals surface area contributed by atoms with Gasteiger partial charge in [0.15, 0.2) is 0 Å². The van der Waals surface area contributed by atoms with Crippen molar-refractivity contribution in [1.82, 2.24) is 10.4 Å². The maximum absolute atomic E-state index is 5.78. The van der Waals surface area contributed by atoms with Crippen LogP contribution in [0.4, 0.5) is 0 Å². The maximum atomic E-state index is 5.78. The van der Waals surface area contributed by atoms with Crippen molar-refractivity contribution in [3.63, 3.8) is 0 Å². The third-order valence-corrected chi connectivity index (χ3v) is 4.31. The highest BCUT2D eigenvalue weighted by atomic mass is 15.2. The fraction of sp³-hybridized carbons (Fsp3) is 0.667. The molecule has 18 heavy (non-hydrogen) atoms. The first-order valence-corrected chi connectivity index (χ1v) is 7.13. The van der Waals surface area contributed by atoms with Crippen LogP contribution in [0.25, 0.3) is 0 Å². The Morgan fingerprint density at radius 3 is 3.00 bits per heavy atom. The fourth-order valence-corrected chi connectivity index (χ4v) is 3.20. The topological polar surface area (TPSA) is 50.9 Å². The summed E-state index contributed by atoms with van der Waals surface area (Å²) in [4.78, 5) is 4.49. The van der Waals surface area contributed by atoms with E-state index in [1.54, 1.807) is 0 Å². The Morgan fingerprint density at radius 2 is 2.33 bits per heavy atom. The molecule has 2 rings (SSSR count). The standard InChI is InChI=1S/C15H25N3/c1-3-12-5-4-6-13(10-12)15(18-16)14-9-11(2)7-8-17-14/h7-9,12-13,15,18H,3-6,10,16H2,1-2H3. The average Bonchev–Trinajstić information content (AvgIpc) is 2.40. The van der Waals surface area contributed by atoms with Crippen LogP contribution >= 0.6 is 0 Å². The normalized spacial score (nSPS) is 25.9. The molecular weight excluding hydrogens is 222 g/mol. The van der Waals surface area contributed by atoms with Crippen LogP contribution in [0.2, 0.25) is 0 Å². The highest BCUT2D eigenvalue weighted by Gasteiger charge is 2.28. The van der Waals surface area contributed by atoms with Crippen LogP contribution in [0.3, 0.4) is 0 Å². The number of hydrogen-bond acceptors (Lipinski definition) is 3. The Bertz CT molecular complexity index is 378. The second-order valence-corrected chi connectivity index (χ2v) is 5.60. The van der Waals surface area contributed by atoms with Crippen molar-refractivity contribution in [2.45, 2.75) is 52.0 Å². The van der Waals surface area contributed by atoms with Gasteiger partial charge in [0.1, 0.15) is 0 Å². The van der Waals surface area contributed by atoms with Crippen molar-refractivity contribution < 1.29 is 0 Å². The minimum Gasteiger partial charge on any atom is -0.271 e. The first-order valence-electron chi connectivity index (χ1n) is 7.13. The minimum atomic E-state index is 0.208. The van der Waals surface area contributed by atoms with Crippen LogP contribution in [0.15, 0.2) is 18.3 Å². The monoisotopic (exact) mass is 247 g/mol. The molecule has 3 unspecified atom stereocenters. The molecule has 0 saturated heterocycles. The van der Waals surface area contributed by atoms with Gasteiger partial charge in [-0.05, 0) is 49.3 Å². The quantitative estimate of drug-likeness (QED) is 0.635. The van der Waals surface area contributed by atoms with Gasteiger partial charge in [0, 0.05) is 6.20 Å². The molecular formula is C15H25N3. The smallest absolute Gasteiger partial charge is 0.0660 e. The summed E-state index contributed by atoms with van der Waals surface area (Å²) in [5.74, 6) is 7.28. The van der Waals surface area contributed by atoms with Gasteiger partial charge < -0.3 is 0 Å². The number of hydrogen-bond donors (Lipinski definition) is 2. The number of rotatable bonds is 4. The summed E-state index contributed by atoms with van der Waals surface area (Å²) >= 11 is 0. The molecule has 3 N–H and O–H groups in total. The van der Waals surface area contributed by atoms with Gasteiger partial charge in [0.25, 0.3) is 0 Å². The Labute approximate surface area is 110 Å². The summed E-state index contributed by atoms with van der Waals surface area (Å²) in [7, 11) is 0. The average molecular weight is 247 g/mol. The minimum absolute atomic E-state index is 0.208. The Hall–Kier alpha value is -0.930. The second-order valence-electron chi connectivity index (χ2n) is 5.60. The maximum Gasteiger partial charge on any atom is 0.0660 e. The molecule has 1 aromatic rings. The lowest BCUT2D eigenvalue weighted by molar-refractivity contribution is 0.207. The molecule has 3 atom stereocenters. The highest BCUT2D eigenvalue weighted by Crippen LogP contribution is 2.37. The van der Waals surface area contributed by atoms with E-state index in [2.05, 4.69) is 30.3 Å². The van der Waals surface area contributed by atoms with Crippen LogP contribution in [-0.2, 0) is 0 Å². The Kier molecular flexibility index (Phi) is 4.72. The van der Waals surface area contributed by atoms with Crippen molar-refractivity contribution in [3.05, 3.63) is 29.6 Å². The second kappa shape index (κ2) is 6.30. The molecule has 1 aliphatic carbocycles. The van der Waals surface area contributed by atoms with Gasteiger partial charge in [-0.2, -0.15) is 0 Å². The third-order valence-electron chi connectivity index (χ3n) is 4.31. The SMILES string of the molecule is CCC1CCCC(C(NN)c2cc(C)ccn2)C1. The van der Waals surface area contributed by atoms with Gasteiger partial charge in [-0.25, -0.2) is 0 Å². The summed E-state index contributed by atoms with van der Waals surface area (Å²) in [5, 5.41) is 0. The zero-order valence-corrected chi connectivity index (χ0v) is 11.5. The number of nitrogens with zero attached hydrogens (tertiary/aromatic N) is 1. The number of aromatic nitrogens is 1. The summed E-state index contributed by atoms with van der Waals surface area (Å²) in [6.45, 7) is 4.40. The number of hydrazine groups is 1. The van der Waals surface area contributed by atoms with Crippen LogP contribution in [0, 0.1) is 18.8 Å². The van der Waals surface area contributed by atoms with Crippen LogP contribution in [0.5, 0.6) is 0 Å². The van der Waals surface area contributed by atoms with Crippen molar-refractivity contribution >= 4 is 0 Å². The van der Waals surface area contributed by atoms with Crippen LogP contribution < -0.4 is 11.3 Å². The number of nitrogens with two attached hydrogens (primary N) is 1. The Balaban J connectivity index is 2.12. The number of nitrogens with one attached hydrogen (secondary N) is 1. The molecule has 3 heteroatoms. The predicted molar refractivity (Wildman–Crippen MR) is 74.8 cm³/mol. The van der Waals surface area contributed by atoms with E-state index in [1.807, 2.05) is 12.3 Å². The zero-order chi connectivity index (χ0) is 13.0. The molecule has 0 spiro atoms. The largest absolute Gasteiger partial charge is 0.271 e. The molecule has 1 fully saturated rings. The van der Waals surface area contributed by atoms with Crippen molar-refractivity contribution in [1.29, 1.82) is 0 Å². The number of aryl methyl sites for hydroxylation is 1. The molecule has 1 heterocycles. The Morgan fingerprint density at radius 1 is 1.50 bits per heavy atom. The van der Waals surface area contributed by atoms with Gasteiger partial charge in [-0.15, -0.1) is 0 Å². The lowest BCUT2D eigenvalue weighted by Crippen LogP contribution is -2.36. The van der Waals surface area contributed by atoms with Gasteiger partial charge in [-0.3, -0.25) is 16.3 Å². The van der Waals surface area contributed by atoms with Crippen LogP contribution in [0.1, 0.15) is 56.3 Å².